The fourth-order valence-corrected chi connectivity index (χ4v) is 3.34. The summed E-state index contributed by atoms with van der Waals surface area (Å²) in [5.74, 6) is 0.813. The lowest BCUT2D eigenvalue weighted by Crippen LogP contribution is -2.19. The third kappa shape index (κ3) is 10.1. The molecule has 29 heavy (non-hydrogen) atoms. The predicted molar refractivity (Wildman–Crippen MR) is 121 cm³/mol. The Morgan fingerprint density at radius 3 is 1.69 bits per heavy atom. The summed E-state index contributed by atoms with van der Waals surface area (Å²) in [6.07, 6.45) is 3.69. The summed E-state index contributed by atoms with van der Waals surface area (Å²) in [4.78, 5) is 23.5. The van der Waals surface area contributed by atoms with Crippen LogP contribution in [0, 0.1) is 0 Å². The Hall–Kier alpha value is -2.35. The van der Waals surface area contributed by atoms with Crippen molar-refractivity contribution in [1.29, 1.82) is 0 Å². The molecule has 0 unspecified atom stereocenters. The molecule has 0 radical (unpaired) electrons. The van der Waals surface area contributed by atoms with Crippen molar-refractivity contribution in [3.8, 4) is 0 Å². The minimum Gasteiger partial charge on any atom is -0.273 e. The van der Waals surface area contributed by atoms with Crippen LogP contribution < -0.4 is 10.9 Å². The van der Waals surface area contributed by atoms with Gasteiger partial charge in [-0.1, -0.05) is 47.5 Å². The average Bonchev–Trinajstić information content (AvgIpc) is 2.68. The number of benzene rings is 2. The standard InChI is InChI=1S/C20H20Cl2N4O2S/c21-17-5-1-3-15(11-17)13-23-25-19(27)7-9-29-10-8-20(28)26-24-14-16-4-2-6-18(22)12-16/h1-6,11-14H,7-10H2,(H,25,27)(H,26,28)/b23-13-,24-14-. The van der Waals surface area contributed by atoms with E-state index in [1.807, 2.05) is 12.1 Å². The Kier molecular flexibility index (Phi) is 10.3. The first-order valence-electron chi connectivity index (χ1n) is 8.75. The molecule has 6 nitrogen and oxygen atoms in total. The number of carbonyl (C=O) groups is 2. The molecular weight excluding hydrogens is 431 g/mol. The van der Waals surface area contributed by atoms with Gasteiger partial charge in [-0.25, -0.2) is 10.9 Å². The van der Waals surface area contributed by atoms with Gasteiger partial charge in [0.25, 0.3) is 0 Å². The normalized spacial score (nSPS) is 11.1. The lowest BCUT2D eigenvalue weighted by Gasteiger charge is -2.02. The van der Waals surface area contributed by atoms with Gasteiger partial charge < -0.3 is 0 Å². The lowest BCUT2D eigenvalue weighted by molar-refractivity contribution is -0.121. The molecule has 152 valence electrons. The minimum absolute atomic E-state index is 0.189. The molecule has 2 rings (SSSR count). The number of nitrogens with zero attached hydrogens (tertiary/aromatic N) is 2. The Morgan fingerprint density at radius 2 is 1.28 bits per heavy atom. The molecule has 0 atom stereocenters. The second-order valence-electron chi connectivity index (χ2n) is 5.81. The van der Waals surface area contributed by atoms with Crippen molar-refractivity contribution in [2.75, 3.05) is 11.5 Å². The van der Waals surface area contributed by atoms with E-state index in [-0.39, 0.29) is 11.8 Å². The number of hydrogen-bond acceptors (Lipinski definition) is 5. The molecule has 0 aliphatic heterocycles. The van der Waals surface area contributed by atoms with Gasteiger partial charge in [-0.15, -0.1) is 0 Å². The molecule has 0 bridgehead atoms. The number of amides is 2. The maximum absolute atomic E-state index is 11.7. The molecule has 0 heterocycles. The van der Waals surface area contributed by atoms with Crippen molar-refractivity contribution >= 4 is 59.2 Å². The largest absolute Gasteiger partial charge is 0.273 e. The van der Waals surface area contributed by atoms with Crippen LogP contribution in [0.4, 0.5) is 0 Å². The predicted octanol–water partition coefficient (Wildman–Crippen LogP) is 4.11. The van der Waals surface area contributed by atoms with Gasteiger partial charge in [-0.2, -0.15) is 22.0 Å². The maximum Gasteiger partial charge on any atom is 0.240 e. The van der Waals surface area contributed by atoms with Crippen LogP contribution in [0.25, 0.3) is 0 Å². The third-order valence-electron chi connectivity index (χ3n) is 3.45. The van der Waals surface area contributed by atoms with Crippen LogP contribution in [0.2, 0.25) is 10.0 Å². The molecule has 9 heteroatoms. The number of carbonyl (C=O) groups excluding carboxylic acids is 2. The second-order valence-corrected chi connectivity index (χ2v) is 7.91. The van der Waals surface area contributed by atoms with E-state index in [9.17, 15) is 9.59 Å². The SMILES string of the molecule is O=C(CCSCCC(=O)N/N=C\c1cccc(Cl)c1)N/N=C\c1cccc(Cl)c1. The highest BCUT2D eigenvalue weighted by Gasteiger charge is 2.02. The van der Waals surface area contributed by atoms with Gasteiger partial charge >= 0.3 is 0 Å². The van der Waals surface area contributed by atoms with Gasteiger partial charge in [0.05, 0.1) is 12.4 Å². The molecule has 2 aromatic rings. The number of rotatable bonds is 10. The quantitative estimate of drug-likeness (QED) is 0.324. The molecule has 0 saturated heterocycles. The van der Waals surface area contributed by atoms with Gasteiger partial charge in [0.15, 0.2) is 0 Å². The number of nitrogens with one attached hydrogen (secondary N) is 2. The summed E-state index contributed by atoms with van der Waals surface area (Å²) in [5.41, 5.74) is 6.53. The zero-order valence-corrected chi connectivity index (χ0v) is 17.8. The molecule has 0 saturated carbocycles. The van der Waals surface area contributed by atoms with Crippen molar-refractivity contribution in [3.63, 3.8) is 0 Å². The third-order valence-corrected chi connectivity index (χ3v) is 4.91. The summed E-state index contributed by atoms with van der Waals surface area (Å²) in [5, 5.41) is 9.00. The molecular formula is C20H20Cl2N4O2S. The van der Waals surface area contributed by atoms with E-state index in [4.69, 9.17) is 23.2 Å². The number of hydrogen-bond donors (Lipinski definition) is 2. The monoisotopic (exact) mass is 450 g/mol. The van der Waals surface area contributed by atoms with E-state index in [1.165, 1.54) is 24.2 Å². The first-order valence-corrected chi connectivity index (χ1v) is 10.7. The van der Waals surface area contributed by atoms with Gasteiger partial charge in [0, 0.05) is 34.4 Å². The molecule has 2 N–H and O–H groups in total. The first-order chi connectivity index (χ1) is 14.0. The van der Waals surface area contributed by atoms with Crippen LogP contribution in [-0.2, 0) is 9.59 Å². The Morgan fingerprint density at radius 1 is 0.828 bits per heavy atom. The van der Waals surface area contributed by atoms with E-state index < -0.39 is 0 Å². The van der Waals surface area contributed by atoms with Crippen LogP contribution in [0.1, 0.15) is 24.0 Å². The molecule has 0 aliphatic carbocycles. The average molecular weight is 451 g/mol. The second kappa shape index (κ2) is 13.0. The zero-order chi connectivity index (χ0) is 20.9. The van der Waals surface area contributed by atoms with Crippen molar-refractivity contribution in [2.45, 2.75) is 12.8 Å². The van der Waals surface area contributed by atoms with Crippen LogP contribution in [0.15, 0.2) is 58.7 Å². The summed E-state index contributed by atoms with van der Waals surface area (Å²) in [7, 11) is 0. The van der Waals surface area contributed by atoms with Crippen LogP contribution >= 0.6 is 35.0 Å². The summed E-state index contributed by atoms with van der Waals surface area (Å²) in [6, 6.07) is 14.3. The topological polar surface area (TPSA) is 82.9 Å². The molecule has 0 fully saturated rings. The summed E-state index contributed by atoms with van der Waals surface area (Å²) >= 11 is 13.3. The van der Waals surface area contributed by atoms with E-state index in [0.717, 1.165) is 11.1 Å². The van der Waals surface area contributed by atoms with Crippen LogP contribution in [0.3, 0.4) is 0 Å². The fourth-order valence-electron chi connectivity index (χ4n) is 2.07. The first kappa shape index (κ1) is 22.9. The molecule has 0 spiro atoms. The highest BCUT2D eigenvalue weighted by atomic mass is 35.5. The van der Waals surface area contributed by atoms with E-state index in [2.05, 4.69) is 21.1 Å². The zero-order valence-electron chi connectivity index (χ0n) is 15.5. The van der Waals surface area contributed by atoms with Gasteiger partial charge in [-0.3, -0.25) is 9.59 Å². The Bertz CT molecular complexity index is 819. The van der Waals surface area contributed by atoms with Crippen molar-refractivity contribution in [2.24, 2.45) is 10.2 Å². The van der Waals surface area contributed by atoms with Gasteiger partial charge in [0.2, 0.25) is 11.8 Å². The number of halogens is 2. The minimum atomic E-state index is -0.189. The van der Waals surface area contributed by atoms with Gasteiger partial charge in [0.1, 0.15) is 0 Å². The van der Waals surface area contributed by atoms with Gasteiger partial charge in [-0.05, 0) is 35.4 Å². The molecule has 2 aromatic carbocycles. The van der Waals surface area contributed by atoms with E-state index >= 15 is 0 Å². The van der Waals surface area contributed by atoms with E-state index in [1.54, 1.807) is 36.4 Å². The highest BCUT2D eigenvalue weighted by molar-refractivity contribution is 7.99. The van der Waals surface area contributed by atoms with E-state index in [0.29, 0.717) is 34.4 Å². The summed E-state index contributed by atoms with van der Waals surface area (Å²) in [6.45, 7) is 0. The molecule has 0 aromatic heterocycles. The van der Waals surface area contributed by atoms with Crippen molar-refractivity contribution < 1.29 is 9.59 Å². The van der Waals surface area contributed by atoms with Crippen LogP contribution in [0.5, 0.6) is 0 Å². The lowest BCUT2D eigenvalue weighted by atomic mass is 10.2. The maximum atomic E-state index is 11.7. The van der Waals surface area contributed by atoms with Crippen LogP contribution in [-0.4, -0.2) is 35.7 Å². The smallest absolute Gasteiger partial charge is 0.240 e. The van der Waals surface area contributed by atoms with Crippen molar-refractivity contribution in [1.82, 2.24) is 10.9 Å². The molecule has 2 amide bonds. The highest BCUT2D eigenvalue weighted by Crippen LogP contribution is 2.09. The summed E-state index contributed by atoms with van der Waals surface area (Å²) < 4.78 is 0. The Labute approximate surface area is 183 Å². The van der Waals surface area contributed by atoms with Crippen molar-refractivity contribution in [3.05, 3.63) is 69.7 Å². The Balaban J connectivity index is 1.54. The molecule has 0 aliphatic rings. The number of hydrazone groups is 2. The number of thioether (sulfide) groups is 1. The fraction of sp³-hybridized carbons (Fsp3) is 0.200.